The van der Waals surface area contributed by atoms with Crippen molar-refractivity contribution < 1.29 is 14.5 Å². The first kappa shape index (κ1) is 21.4. The van der Waals surface area contributed by atoms with Crippen LogP contribution in [0.5, 0.6) is 5.75 Å². The average molecular weight is 454 g/mol. The molecule has 1 N–H and O–H groups in total. The van der Waals surface area contributed by atoms with Crippen LogP contribution in [0.15, 0.2) is 78.9 Å². The van der Waals surface area contributed by atoms with E-state index < -0.39 is 4.92 Å². The van der Waals surface area contributed by atoms with Crippen LogP contribution in [0, 0.1) is 10.1 Å². The van der Waals surface area contributed by atoms with Gasteiger partial charge < -0.3 is 10.1 Å². The molecule has 34 heavy (non-hydrogen) atoms. The molecule has 0 saturated carbocycles. The van der Waals surface area contributed by atoms with E-state index in [1.807, 2.05) is 61.5 Å². The Kier molecular flexibility index (Phi) is 5.55. The molecule has 1 aromatic heterocycles. The van der Waals surface area contributed by atoms with Crippen LogP contribution in [0.2, 0.25) is 0 Å². The van der Waals surface area contributed by atoms with Gasteiger partial charge in [0.15, 0.2) is 0 Å². The SMILES string of the molecule is CCOc1ccccc1C1CC(=O)Nc2c1c(-c1ccccc1)nn2-c1ccc([N+](=O)[O-])cc1. The van der Waals surface area contributed by atoms with Crippen molar-refractivity contribution in [3.8, 4) is 22.7 Å². The highest BCUT2D eigenvalue weighted by molar-refractivity contribution is 5.97. The zero-order chi connectivity index (χ0) is 23.7. The Morgan fingerprint density at radius 1 is 1.06 bits per heavy atom. The summed E-state index contributed by atoms with van der Waals surface area (Å²) in [4.78, 5) is 23.5. The molecule has 0 spiro atoms. The number of carbonyl (C=O) groups is 1. The lowest BCUT2D eigenvalue weighted by Gasteiger charge is -2.26. The van der Waals surface area contributed by atoms with Crippen LogP contribution in [0.3, 0.4) is 0 Å². The maximum Gasteiger partial charge on any atom is 0.269 e. The van der Waals surface area contributed by atoms with Gasteiger partial charge in [-0.1, -0.05) is 48.5 Å². The first-order valence-electron chi connectivity index (χ1n) is 11.0. The third kappa shape index (κ3) is 3.79. The summed E-state index contributed by atoms with van der Waals surface area (Å²) in [5.74, 6) is 0.887. The van der Waals surface area contributed by atoms with Crippen LogP contribution in [0.25, 0.3) is 16.9 Å². The number of hydrogen-bond donors (Lipinski definition) is 1. The minimum Gasteiger partial charge on any atom is -0.494 e. The number of hydrogen-bond acceptors (Lipinski definition) is 5. The highest BCUT2D eigenvalue weighted by Crippen LogP contribution is 2.46. The number of carbonyl (C=O) groups excluding carboxylic acids is 1. The van der Waals surface area contributed by atoms with Crippen molar-refractivity contribution in [2.75, 3.05) is 11.9 Å². The summed E-state index contributed by atoms with van der Waals surface area (Å²) < 4.78 is 7.54. The Morgan fingerprint density at radius 2 is 1.76 bits per heavy atom. The van der Waals surface area contributed by atoms with Crippen LogP contribution in [-0.2, 0) is 4.79 Å². The van der Waals surface area contributed by atoms with Crippen molar-refractivity contribution in [2.24, 2.45) is 0 Å². The van der Waals surface area contributed by atoms with Gasteiger partial charge in [-0.25, -0.2) is 4.68 Å². The van der Waals surface area contributed by atoms with Gasteiger partial charge in [-0.15, -0.1) is 0 Å². The first-order chi connectivity index (χ1) is 16.6. The Hall–Kier alpha value is -4.46. The molecule has 1 amide bonds. The molecular weight excluding hydrogens is 432 g/mol. The van der Waals surface area contributed by atoms with Crippen molar-refractivity contribution >= 4 is 17.4 Å². The van der Waals surface area contributed by atoms with Crippen LogP contribution in [-0.4, -0.2) is 27.2 Å². The standard InChI is InChI=1S/C26H22N4O4/c1-2-34-22-11-7-6-10-20(22)21-16-23(31)27-26-24(21)25(17-8-4-3-5-9-17)28-29(26)18-12-14-19(15-13-18)30(32)33/h3-15,21H,2,16H2,1H3,(H,27,31). The molecule has 8 heteroatoms. The highest BCUT2D eigenvalue weighted by atomic mass is 16.6. The molecule has 8 nitrogen and oxygen atoms in total. The third-order valence-corrected chi connectivity index (χ3v) is 5.86. The average Bonchev–Trinajstić information content (AvgIpc) is 3.24. The summed E-state index contributed by atoms with van der Waals surface area (Å²) in [5.41, 5.74) is 4.06. The number of nitro benzene ring substituents is 1. The van der Waals surface area contributed by atoms with Gasteiger partial charge in [-0.3, -0.25) is 14.9 Å². The van der Waals surface area contributed by atoms with E-state index in [-0.39, 0.29) is 23.9 Å². The van der Waals surface area contributed by atoms with Crippen molar-refractivity contribution in [3.63, 3.8) is 0 Å². The van der Waals surface area contributed by atoms with Gasteiger partial charge in [-0.2, -0.15) is 5.10 Å². The Morgan fingerprint density at radius 3 is 2.47 bits per heavy atom. The summed E-state index contributed by atoms with van der Waals surface area (Å²) >= 11 is 0. The number of anilines is 1. The molecular formula is C26H22N4O4. The monoisotopic (exact) mass is 454 g/mol. The quantitative estimate of drug-likeness (QED) is 0.314. The number of para-hydroxylation sites is 1. The molecule has 0 fully saturated rings. The van der Waals surface area contributed by atoms with E-state index in [9.17, 15) is 14.9 Å². The molecule has 0 radical (unpaired) electrons. The fraction of sp³-hybridized carbons (Fsp3) is 0.154. The van der Waals surface area contributed by atoms with E-state index in [0.717, 1.165) is 28.1 Å². The van der Waals surface area contributed by atoms with Gasteiger partial charge >= 0.3 is 0 Å². The molecule has 0 aliphatic carbocycles. The minimum absolute atomic E-state index is 0.0133. The fourth-order valence-corrected chi connectivity index (χ4v) is 4.38. The molecule has 5 rings (SSSR count). The number of fused-ring (bicyclic) bond motifs is 1. The van der Waals surface area contributed by atoms with Crippen LogP contribution >= 0.6 is 0 Å². The van der Waals surface area contributed by atoms with Gasteiger partial charge in [0.2, 0.25) is 5.91 Å². The predicted octanol–water partition coefficient (Wildman–Crippen LogP) is 5.32. The van der Waals surface area contributed by atoms with E-state index in [1.54, 1.807) is 16.8 Å². The highest BCUT2D eigenvalue weighted by Gasteiger charge is 2.35. The zero-order valence-electron chi connectivity index (χ0n) is 18.5. The van der Waals surface area contributed by atoms with Gasteiger partial charge in [0.05, 0.1) is 22.9 Å². The van der Waals surface area contributed by atoms with Crippen LogP contribution < -0.4 is 10.1 Å². The topological polar surface area (TPSA) is 99.3 Å². The smallest absolute Gasteiger partial charge is 0.269 e. The molecule has 0 saturated heterocycles. The summed E-state index contributed by atoms with van der Waals surface area (Å²) in [6, 6.07) is 23.6. The molecule has 1 atom stereocenters. The molecule has 1 aliphatic heterocycles. The summed E-state index contributed by atoms with van der Waals surface area (Å²) in [5, 5.41) is 19.0. The first-order valence-corrected chi connectivity index (χ1v) is 11.0. The van der Waals surface area contributed by atoms with Gasteiger partial charge in [-0.05, 0) is 25.1 Å². The number of rotatable bonds is 6. The second-order valence-electron chi connectivity index (χ2n) is 7.94. The summed E-state index contributed by atoms with van der Waals surface area (Å²) in [7, 11) is 0. The largest absolute Gasteiger partial charge is 0.494 e. The normalized spacial score (nSPS) is 14.9. The Labute approximate surface area is 196 Å². The third-order valence-electron chi connectivity index (χ3n) is 5.86. The molecule has 3 aromatic carbocycles. The number of nitrogens with zero attached hydrogens (tertiary/aromatic N) is 3. The second-order valence-corrected chi connectivity index (χ2v) is 7.94. The van der Waals surface area contributed by atoms with Crippen molar-refractivity contribution in [1.82, 2.24) is 9.78 Å². The van der Waals surface area contributed by atoms with Crippen molar-refractivity contribution in [2.45, 2.75) is 19.3 Å². The van der Waals surface area contributed by atoms with Gasteiger partial charge in [0.1, 0.15) is 11.6 Å². The Balaban J connectivity index is 1.74. The number of nitro groups is 1. The number of nitrogens with one attached hydrogen (secondary N) is 1. The molecule has 1 aliphatic rings. The second kappa shape index (κ2) is 8.82. The number of amides is 1. The van der Waals surface area contributed by atoms with E-state index in [2.05, 4.69) is 5.32 Å². The maximum absolute atomic E-state index is 12.9. The number of non-ortho nitro benzene ring substituents is 1. The van der Waals surface area contributed by atoms with Gasteiger partial charge in [0.25, 0.3) is 5.69 Å². The van der Waals surface area contributed by atoms with E-state index in [1.165, 1.54) is 12.1 Å². The molecule has 4 aromatic rings. The minimum atomic E-state index is -0.444. The summed E-state index contributed by atoms with van der Waals surface area (Å²) in [6.45, 7) is 2.44. The maximum atomic E-state index is 12.9. The van der Waals surface area contributed by atoms with Crippen LogP contribution in [0.4, 0.5) is 11.5 Å². The number of benzene rings is 3. The molecule has 0 bridgehead atoms. The number of aromatic nitrogens is 2. The van der Waals surface area contributed by atoms with Crippen molar-refractivity contribution in [1.29, 1.82) is 0 Å². The van der Waals surface area contributed by atoms with Crippen molar-refractivity contribution in [3.05, 3.63) is 100 Å². The lowest BCUT2D eigenvalue weighted by molar-refractivity contribution is -0.384. The van der Waals surface area contributed by atoms with Crippen LogP contribution in [0.1, 0.15) is 30.4 Å². The molecule has 1 unspecified atom stereocenters. The lowest BCUT2D eigenvalue weighted by atomic mass is 9.84. The zero-order valence-corrected chi connectivity index (χ0v) is 18.5. The van der Waals surface area contributed by atoms with E-state index >= 15 is 0 Å². The van der Waals surface area contributed by atoms with Gasteiger partial charge in [0, 0.05) is 41.2 Å². The predicted molar refractivity (Wildman–Crippen MR) is 128 cm³/mol. The lowest BCUT2D eigenvalue weighted by Crippen LogP contribution is -2.25. The number of ether oxygens (including phenoxy) is 1. The Bertz CT molecular complexity index is 1360. The fourth-order valence-electron chi connectivity index (χ4n) is 4.38. The van der Waals surface area contributed by atoms with E-state index in [4.69, 9.17) is 9.84 Å². The van der Waals surface area contributed by atoms with E-state index in [0.29, 0.717) is 18.1 Å². The molecule has 170 valence electrons. The molecule has 2 heterocycles. The summed E-state index contributed by atoms with van der Waals surface area (Å²) in [6.07, 6.45) is 0.253.